The van der Waals surface area contributed by atoms with E-state index in [2.05, 4.69) is 6.92 Å². The molecule has 0 saturated heterocycles. The van der Waals surface area contributed by atoms with E-state index in [1.807, 2.05) is 0 Å². The van der Waals surface area contributed by atoms with Crippen LogP contribution in [0.4, 0.5) is 0 Å². The van der Waals surface area contributed by atoms with E-state index in [0.717, 1.165) is 37.8 Å². The molecule has 1 amide bonds. The van der Waals surface area contributed by atoms with Crippen LogP contribution in [0, 0.1) is 6.92 Å². The molecule has 0 heterocycles. The number of nitrogens with two attached hydrogens (primary N) is 1. The average molecular weight is 415 g/mol. The predicted octanol–water partition coefficient (Wildman–Crippen LogP) is 3.85. The Morgan fingerprint density at radius 3 is 1.73 bits per heavy atom. The van der Waals surface area contributed by atoms with Gasteiger partial charge in [0.05, 0.1) is 22.3 Å². The van der Waals surface area contributed by atoms with E-state index < -0.39 is 23.8 Å². The first-order valence-electron chi connectivity index (χ1n) is 9.75. The van der Waals surface area contributed by atoms with Gasteiger partial charge in [0.1, 0.15) is 0 Å². The smallest absolute Gasteiger partial charge is 0.336 e. The Bertz CT molecular complexity index is 1040. The van der Waals surface area contributed by atoms with Gasteiger partial charge in [-0.3, -0.25) is 4.79 Å². The van der Waals surface area contributed by atoms with Crippen molar-refractivity contribution in [2.24, 2.45) is 5.73 Å². The number of fused-ring (bicyclic) bond motifs is 1. The minimum atomic E-state index is -1.42. The second-order valence-electron chi connectivity index (χ2n) is 7.21. The van der Waals surface area contributed by atoms with Crippen molar-refractivity contribution in [3.05, 3.63) is 45.5 Å². The monoisotopic (exact) mass is 415 g/mol. The number of hydrogen-bond acceptors (Lipinski definition) is 4. The van der Waals surface area contributed by atoms with Crippen molar-refractivity contribution >= 4 is 34.6 Å². The lowest BCUT2D eigenvalue weighted by Gasteiger charge is -2.20. The molecule has 0 aliphatic rings. The number of amides is 1. The molecule has 0 spiro atoms. The Hall–Kier alpha value is -3.42. The molecule has 2 aromatic carbocycles. The molecule has 0 saturated carbocycles. The maximum atomic E-state index is 12.3. The standard InChI is InChI=1S/C22H25NO7/c1-3-4-5-6-7-8-12-11(2)15(19(23)24)16-13(20(25)26)9-10-14(21(27)28)17(16)18(12)22(29)30/h9-10H,3-8H2,1-2H3,(H2,23,24)(H,25,26)(H,27,28)(H,29,30). The Labute approximate surface area is 173 Å². The van der Waals surface area contributed by atoms with Crippen molar-refractivity contribution in [1.82, 2.24) is 0 Å². The van der Waals surface area contributed by atoms with Crippen LogP contribution in [0.2, 0.25) is 0 Å². The summed E-state index contributed by atoms with van der Waals surface area (Å²) in [6, 6.07) is 2.10. The van der Waals surface area contributed by atoms with Crippen molar-refractivity contribution < 1.29 is 34.5 Å². The third-order valence-corrected chi connectivity index (χ3v) is 5.29. The van der Waals surface area contributed by atoms with Gasteiger partial charge < -0.3 is 21.1 Å². The van der Waals surface area contributed by atoms with Crippen molar-refractivity contribution in [2.45, 2.75) is 52.4 Å². The number of aromatic carboxylic acids is 3. The summed E-state index contributed by atoms with van der Waals surface area (Å²) in [7, 11) is 0. The van der Waals surface area contributed by atoms with Gasteiger partial charge in [-0.15, -0.1) is 0 Å². The number of carboxylic acids is 3. The molecule has 0 fully saturated rings. The van der Waals surface area contributed by atoms with Crippen LogP contribution in [-0.4, -0.2) is 39.1 Å². The average Bonchev–Trinajstić information content (AvgIpc) is 2.66. The first kappa shape index (κ1) is 22.9. The summed E-state index contributed by atoms with van der Waals surface area (Å²) < 4.78 is 0. The minimum absolute atomic E-state index is 0.154. The van der Waals surface area contributed by atoms with Gasteiger partial charge in [0.15, 0.2) is 0 Å². The molecule has 0 unspecified atom stereocenters. The van der Waals surface area contributed by atoms with E-state index in [9.17, 15) is 34.5 Å². The molecule has 0 aliphatic heterocycles. The molecular weight excluding hydrogens is 390 g/mol. The highest BCUT2D eigenvalue weighted by Gasteiger charge is 2.29. The van der Waals surface area contributed by atoms with Crippen molar-refractivity contribution in [2.75, 3.05) is 0 Å². The number of carbonyl (C=O) groups excluding carboxylic acids is 1. The maximum absolute atomic E-state index is 12.3. The Morgan fingerprint density at radius 1 is 0.800 bits per heavy atom. The number of unbranched alkanes of at least 4 members (excludes halogenated alkanes) is 4. The number of rotatable bonds is 10. The van der Waals surface area contributed by atoms with Crippen LogP contribution in [-0.2, 0) is 6.42 Å². The molecule has 0 aliphatic carbocycles. The first-order chi connectivity index (χ1) is 14.1. The van der Waals surface area contributed by atoms with Gasteiger partial charge >= 0.3 is 17.9 Å². The summed E-state index contributed by atoms with van der Waals surface area (Å²) in [4.78, 5) is 48.1. The van der Waals surface area contributed by atoms with E-state index in [1.54, 1.807) is 0 Å². The van der Waals surface area contributed by atoms with Crippen LogP contribution in [0.15, 0.2) is 12.1 Å². The van der Waals surface area contributed by atoms with Crippen LogP contribution >= 0.6 is 0 Å². The summed E-state index contributed by atoms with van der Waals surface area (Å²) >= 11 is 0. The third-order valence-electron chi connectivity index (χ3n) is 5.29. The normalized spacial score (nSPS) is 10.9. The number of primary amides is 1. The van der Waals surface area contributed by atoms with Gasteiger partial charge in [-0.1, -0.05) is 32.6 Å². The fourth-order valence-electron chi connectivity index (χ4n) is 3.92. The van der Waals surface area contributed by atoms with Gasteiger partial charge in [-0.25, -0.2) is 14.4 Å². The van der Waals surface area contributed by atoms with Crippen LogP contribution in [0.25, 0.3) is 10.8 Å². The summed E-state index contributed by atoms with van der Waals surface area (Å²) in [5.74, 6) is -5.16. The lowest BCUT2D eigenvalue weighted by Crippen LogP contribution is -2.20. The van der Waals surface area contributed by atoms with Crippen molar-refractivity contribution in [1.29, 1.82) is 0 Å². The molecular formula is C22H25NO7. The molecule has 160 valence electrons. The zero-order valence-corrected chi connectivity index (χ0v) is 16.9. The fraction of sp³-hybridized carbons (Fsp3) is 0.364. The van der Waals surface area contributed by atoms with E-state index in [-0.39, 0.29) is 38.6 Å². The van der Waals surface area contributed by atoms with Crippen LogP contribution in [0.1, 0.15) is 91.6 Å². The molecule has 30 heavy (non-hydrogen) atoms. The Kier molecular flexibility index (Phi) is 7.15. The second-order valence-corrected chi connectivity index (χ2v) is 7.21. The summed E-state index contributed by atoms with van der Waals surface area (Å²) in [5, 5.41) is 28.6. The molecule has 5 N–H and O–H groups in total. The first-order valence-corrected chi connectivity index (χ1v) is 9.75. The van der Waals surface area contributed by atoms with E-state index in [1.165, 1.54) is 6.92 Å². The van der Waals surface area contributed by atoms with Gasteiger partial charge in [-0.05, 0) is 43.0 Å². The Morgan fingerprint density at radius 2 is 1.30 bits per heavy atom. The van der Waals surface area contributed by atoms with Crippen molar-refractivity contribution in [3.63, 3.8) is 0 Å². The summed E-state index contributed by atoms with van der Waals surface area (Å²) in [5.41, 5.74) is 4.92. The SMILES string of the molecule is CCCCCCCc1c(C)c(C(N)=O)c2c(C(=O)O)ccc(C(=O)O)c2c1C(=O)O. The number of carboxylic acid groups (broad SMARTS) is 3. The summed E-state index contributed by atoms with van der Waals surface area (Å²) in [6.07, 6.45) is 4.85. The van der Waals surface area contributed by atoms with Crippen LogP contribution < -0.4 is 5.73 Å². The zero-order chi connectivity index (χ0) is 22.6. The number of hydrogen-bond donors (Lipinski definition) is 4. The predicted molar refractivity (Wildman–Crippen MR) is 111 cm³/mol. The lowest BCUT2D eigenvalue weighted by molar-refractivity contribution is 0.0680. The minimum Gasteiger partial charge on any atom is -0.478 e. The fourth-order valence-corrected chi connectivity index (χ4v) is 3.92. The van der Waals surface area contributed by atoms with E-state index in [4.69, 9.17) is 5.73 Å². The van der Waals surface area contributed by atoms with Gasteiger partial charge in [0.2, 0.25) is 5.91 Å². The highest BCUT2D eigenvalue weighted by atomic mass is 16.4. The molecule has 0 atom stereocenters. The molecule has 8 heteroatoms. The highest BCUT2D eigenvalue weighted by molar-refractivity contribution is 6.23. The maximum Gasteiger partial charge on any atom is 0.336 e. The molecule has 0 bridgehead atoms. The van der Waals surface area contributed by atoms with Crippen LogP contribution in [0.5, 0.6) is 0 Å². The van der Waals surface area contributed by atoms with Crippen molar-refractivity contribution in [3.8, 4) is 0 Å². The van der Waals surface area contributed by atoms with E-state index in [0.29, 0.717) is 18.4 Å². The molecule has 2 aromatic rings. The molecule has 0 aromatic heterocycles. The quantitative estimate of drug-likeness (QED) is 0.429. The largest absolute Gasteiger partial charge is 0.478 e. The zero-order valence-electron chi connectivity index (χ0n) is 16.9. The number of benzene rings is 2. The number of carbonyl (C=O) groups is 4. The van der Waals surface area contributed by atoms with Gasteiger partial charge in [-0.2, -0.15) is 0 Å². The Balaban J connectivity index is 2.95. The second kappa shape index (κ2) is 9.39. The lowest BCUT2D eigenvalue weighted by atomic mass is 9.83. The topological polar surface area (TPSA) is 155 Å². The molecule has 2 rings (SSSR count). The van der Waals surface area contributed by atoms with Gasteiger partial charge in [0, 0.05) is 10.8 Å². The highest BCUT2D eigenvalue weighted by Crippen LogP contribution is 2.36. The van der Waals surface area contributed by atoms with E-state index >= 15 is 0 Å². The third kappa shape index (κ3) is 4.27. The van der Waals surface area contributed by atoms with Gasteiger partial charge in [0.25, 0.3) is 0 Å². The van der Waals surface area contributed by atoms with Crippen LogP contribution in [0.3, 0.4) is 0 Å². The molecule has 8 nitrogen and oxygen atoms in total. The summed E-state index contributed by atoms with van der Waals surface area (Å²) in [6.45, 7) is 3.59. The molecule has 0 radical (unpaired) electrons.